The molecule has 4 rings (SSSR count). The van der Waals surface area contributed by atoms with E-state index in [1.165, 1.54) is 5.56 Å². The summed E-state index contributed by atoms with van der Waals surface area (Å²) >= 11 is 0. The summed E-state index contributed by atoms with van der Waals surface area (Å²) in [6.07, 6.45) is 2.05. The van der Waals surface area contributed by atoms with E-state index in [0.717, 1.165) is 25.1 Å². The molecule has 0 fully saturated rings. The van der Waals surface area contributed by atoms with Gasteiger partial charge in [-0.05, 0) is 50.5 Å². The van der Waals surface area contributed by atoms with Gasteiger partial charge in [-0.25, -0.2) is 9.59 Å². The Morgan fingerprint density at radius 3 is 2.86 bits per heavy atom. The lowest BCUT2D eigenvalue weighted by atomic mass is 9.98. The molecule has 3 heterocycles. The van der Waals surface area contributed by atoms with Crippen molar-refractivity contribution in [3.63, 3.8) is 0 Å². The van der Waals surface area contributed by atoms with Crippen LogP contribution in [0.5, 0.6) is 0 Å². The van der Waals surface area contributed by atoms with E-state index in [0.29, 0.717) is 29.3 Å². The molecular formula is C22H25N3O4. The lowest BCUT2D eigenvalue weighted by Crippen LogP contribution is -2.49. The standard InChI is InChI=1S/C22H25N3O4/c1-3-28-21(26)19-16(13-25-12-6-8-15-7-4-5-9-17(15)25)23-22(27)24-20(19)18-11-10-14(2)29-18/h4-5,7,9-11,20H,3,6,8,12-13H2,1-2H3,(H2,23,24,27)/t20-/m0/s1. The second-order valence-electron chi connectivity index (χ2n) is 7.25. The summed E-state index contributed by atoms with van der Waals surface area (Å²) in [5.74, 6) is 0.763. The molecule has 0 aliphatic carbocycles. The number of nitrogens with one attached hydrogen (secondary N) is 2. The Hall–Kier alpha value is -3.22. The second kappa shape index (κ2) is 8.03. The highest BCUT2D eigenvalue weighted by Crippen LogP contribution is 2.32. The fraction of sp³-hybridized carbons (Fsp3) is 0.364. The molecule has 1 aromatic heterocycles. The first-order valence-electron chi connectivity index (χ1n) is 9.93. The normalized spacial score (nSPS) is 18.8. The fourth-order valence-electron chi connectivity index (χ4n) is 3.98. The van der Waals surface area contributed by atoms with Crippen LogP contribution >= 0.6 is 0 Å². The summed E-state index contributed by atoms with van der Waals surface area (Å²) in [5, 5.41) is 5.64. The molecule has 2 aromatic rings. The number of benzene rings is 1. The monoisotopic (exact) mass is 395 g/mol. The molecule has 0 saturated carbocycles. The van der Waals surface area contributed by atoms with Crippen LogP contribution in [0.25, 0.3) is 0 Å². The predicted molar refractivity (Wildman–Crippen MR) is 108 cm³/mol. The van der Waals surface area contributed by atoms with Crippen molar-refractivity contribution in [3.8, 4) is 0 Å². The van der Waals surface area contributed by atoms with Crippen molar-refractivity contribution in [1.29, 1.82) is 0 Å². The number of rotatable bonds is 5. The zero-order chi connectivity index (χ0) is 20.4. The number of hydrogen-bond acceptors (Lipinski definition) is 5. The number of furan rings is 1. The van der Waals surface area contributed by atoms with Gasteiger partial charge in [0.1, 0.15) is 17.6 Å². The number of urea groups is 1. The van der Waals surface area contributed by atoms with Crippen molar-refractivity contribution in [2.75, 3.05) is 24.6 Å². The Morgan fingerprint density at radius 2 is 2.10 bits per heavy atom. The van der Waals surface area contributed by atoms with Crippen LogP contribution in [-0.4, -0.2) is 31.7 Å². The number of esters is 1. The topological polar surface area (TPSA) is 83.8 Å². The predicted octanol–water partition coefficient (Wildman–Crippen LogP) is 3.21. The van der Waals surface area contributed by atoms with E-state index in [2.05, 4.69) is 27.7 Å². The van der Waals surface area contributed by atoms with Gasteiger partial charge >= 0.3 is 12.0 Å². The minimum absolute atomic E-state index is 0.250. The van der Waals surface area contributed by atoms with Gasteiger partial charge in [-0.2, -0.15) is 0 Å². The summed E-state index contributed by atoms with van der Waals surface area (Å²) in [6, 6.07) is 10.8. The maximum Gasteiger partial charge on any atom is 0.338 e. The molecule has 7 nitrogen and oxygen atoms in total. The van der Waals surface area contributed by atoms with Crippen molar-refractivity contribution >= 4 is 17.7 Å². The SMILES string of the molecule is CCOC(=O)C1=C(CN2CCCc3ccccc32)NC(=O)N[C@H]1c1ccc(C)o1. The molecule has 152 valence electrons. The molecule has 0 unspecified atom stereocenters. The minimum Gasteiger partial charge on any atom is -0.464 e. The van der Waals surface area contributed by atoms with Gasteiger partial charge in [-0.3, -0.25) is 0 Å². The Labute approximate surface area is 169 Å². The largest absolute Gasteiger partial charge is 0.464 e. The maximum atomic E-state index is 12.9. The van der Waals surface area contributed by atoms with Crippen molar-refractivity contribution in [3.05, 3.63) is 64.8 Å². The van der Waals surface area contributed by atoms with E-state index >= 15 is 0 Å². The Kier molecular flexibility index (Phi) is 5.29. The van der Waals surface area contributed by atoms with E-state index in [4.69, 9.17) is 9.15 Å². The van der Waals surface area contributed by atoms with Crippen LogP contribution in [0.15, 0.2) is 52.1 Å². The van der Waals surface area contributed by atoms with Crippen LogP contribution in [0.2, 0.25) is 0 Å². The number of para-hydroxylation sites is 1. The average molecular weight is 395 g/mol. The van der Waals surface area contributed by atoms with E-state index in [9.17, 15) is 9.59 Å². The molecular weight excluding hydrogens is 370 g/mol. The van der Waals surface area contributed by atoms with Gasteiger partial charge in [0.15, 0.2) is 0 Å². The second-order valence-corrected chi connectivity index (χ2v) is 7.25. The number of hydrogen-bond donors (Lipinski definition) is 2. The third-order valence-corrected chi connectivity index (χ3v) is 5.25. The highest BCUT2D eigenvalue weighted by atomic mass is 16.5. The molecule has 2 amide bonds. The van der Waals surface area contributed by atoms with Crippen LogP contribution in [0, 0.1) is 6.92 Å². The van der Waals surface area contributed by atoms with Crippen LogP contribution in [0.1, 0.15) is 36.5 Å². The molecule has 0 radical (unpaired) electrons. The van der Waals surface area contributed by atoms with Gasteiger partial charge in [0.05, 0.1) is 24.4 Å². The van der Waals surface area contributed by atoms with Crippen LogP contribution < -0.4 is 15.5 Å². The first kappa shape index (κ1) is 19.1. The third-order valence-electron chi connectivity index (χ3n) is 5.25. The molecule has 0 bridgehead atoms. The molecule has 1 aromatic carbocycles. The molecule has 2 N–H and O–H groups in total. The van der Waals surface area contributed by atoms with Gasteiger partial charge in [-0.1, -0.05) is 18.2 Å². The van der Waals surface area contributed by atoms with Gasteiger partial charge < -0.3 is 24.7 Å². The quantitative estimate of drug-likeness (QED) is 0.760. The molecule has 7 heteroatoms. The number of nitrogens with zero attached hydrogens (tertiary/aromatic N) is 1. The highest BCUT2D eigenvalue weighted by molar-refractivity contribution is 5.95. The number of fused-ring (bicyclic) bond motifs is 1. The van der Waals surface area contributed by atoms with Crippen molar-refractivity contribution < 1.29 is 18.7 Å². The first-order valence-corrected chi connectivity index (χ1v) is 9.93. The molecule has 0 saturated heterocycles. The molecule has 1 atom stereocenters. The van der Waals surface area contributed by atoms with Crippen LogP contribution in [-0.2, 0) is 16.0 Å². The van der Waals surface area contributed by atoms with Gasteiger partial charge in [0.2, 0.25) is 0 Å². The summed E-state index contributed by atoms with van der Waals surface area (Å²) in [5.41, 5.74) is 3.33. The molecule has 0 spiro atoms. The smallest absolute Gasteiger partial charge is 0.338 e. The van der Waals surface area contributed by atoms with Crippen LogP contribution in [0.4, 0.5) is 10.5 Å². The number of ether oxygens (including phenoxy) is 1. The number of anilines is 1. The first-order chi connectivity index (χ1) is 14.1. The summed E-state index contributed by atoms with van der Waals surface area (Å²) in [4.78, 5) is 27.5. The highest BCUT2D eigenvalue weighted by Gasteiger charge is 2.36. The Bertz CT molecular complexity index is 962. The third kappa shape index (κ3) is 3.85. The summed E-state index contributed by atoms with van der Waals surface area (Å²) in [6.45, 7) is 5.10. The van der Waals surface area contributed by atoms with E-state index in [1.54, 1.807) is 13.0 Å². The average Bonchev–Trinajstić information content (AvgIpc) is 3.14. The summed E-state index contributed by atoms with van der Waals surface area (Å²) < 4.78 is 11.0. The van der Waals surface area contributed by atoms with E-state index in [-0.39, 0.29) is 12.6 Å². The van der Waals surface area contributed by atoms with Crippen LogP contribution in [0.3, 0.4) is 0 Å². The van der Waals surface area contributed by atoms with Gasteiger partial charge in [0.25, 0.3) is 0 Å². The lowest BCUT2D eigenvalue weighted by Gasteiger charge is -2.35. The molecule has 2 aliphatic rings. The Balaban J connectivity index is 1.74. The number of aryl methyl sites for hydroxylation is 2. The van der Waals surface area contributed by atoms with Gasteiger partial charge in [-0.15, -0.1) is 0 Å². The minimum atomic E-state index is -0.688. The lowest BCUT2D eigenvalue weighted by molar-refractivity contribution is -0.139. The van der Waals surface area contributed by atoms with E-state index < -0.39 is 12.0 Å². The molecule has 2 aliphatic heterocycles. The zero-order valence-corrected chi connectivity index (χ0v) is 16.7. The molecule has 29 heavy (non-hydrogen) atoms. The number of amides is 2. The van der Waals surface area contributed by atoms with E-state index in [1.807, 2.05) is 25.1 Å². The Morgan fingerprint density at radius 1 is 1.28 bits per heavy atom. The summed E-state index contributed by atoms with van der Waals surface area (Å²) in [7, 11) is 0. The maximum absolute atomic E-state index is 12.9. The number of carbonyl (C=O) groups excluding carboxylic acids is 2. The van der Waals surface area contributed by atoms with Gasteiger partial charge in [0, 0.05) is 12.2 Å². The van der Waals surface area contributed by atoms with Crippen molar-refractivity contribution in [1.82, 2.24) is 10.6 Å². The zero-order valence-electron chi connectivity index (χ0n) is 16.7. The van der Waals surface area contributed by atoms with Crippen molar-refractivity contribution in [2.24, 2.45) is 0 Å². The fourth-order valence-corrected chi connectivity index (χ4v) is 3.98. The number of carbonyl (C=O) groups is 2. The van der Waals surface area contributed by atoms with Crippen molar-refractivity contribution in [2.45, 2.75) is 32.7 Å².